The van der Waals surface area contributed by atoms with Gasteiger partial charge in [0.1, 0.15) is 0 Å². The second-order valence-corrected chi connectivity index (χ2v) is 8.44. The standard InChI is InChI=1S/C22H30N2S2/c1-2-21(18-25)24(17-16-23-14-6-7-15-23)26-22-12-10-20(11-13-22)19-8-4-3-5-9-19/h2-4,8,10-13,21,25H,1,5-7,9,14-18H2/t21-/m1/s1. The topological polar surface area (TPSA) is 6.48 Å². The van der Waals surface area contributed by atoms with Crippen LogP contribution in [-0.4, -0.2) is 47.2 Å². The molecular weight excluding hydrogens is 356 g/mol. The van der Waals surface area contributed by atoms with E-state index in [0.29, 0.717) is 0 Å². The summed E-state index contributed by atoms with van der Waals surface area (Å²) < 4.78 is 2.44. The molecule has 0 bridgehead atoms. The molecule has 0 N–H and O–H groups in total. The minimum absolute atomic E-state index is 0.289. The molecule has 1 fully saturated rings. The highest BCUT2D eigenvalue weighted by Gasteiger charge is 2.19. The van der Waals surface area contributed by atoms with Gasteiger partial charge in [-0.1, -0.05) is 36.4 Å². The first-order chi connectivity index (χ1) is 12.8. The van der Waals surface area contributed by atoms with Gasteiger partial charge in [0, 0.05) is 29.8 Å². The van der Waals surface area contributed by atoms with Crippen LogP contribution in [0, 0.1) is 0 Å². The summed E-state index contributed by atoms with van der Waals surface area (Å²) in [5.74, 6) is 0.799. The van der Waals surface area contributed by atoms with Crippen LogP contribution in [0.2, 0.25) is 0 Å². The van der Waals surface area contributed by atoms with E-state index in [9.17, 15) is 0 Å². The average molecular weight is 387 g/mol. The maximum Gasteiger partial charge on any atom is 0.0471 e. The van der Waals surface area contributed by atoms with E-state index in [1.807, 2.05) is 18.0 Å². The number of rotatable bonds is 9. The second-order valence-electron chi connectivity index (χ2n) is 6.95. The predicted octanol–water partition coefficient (Wildman–Crippen LogP) is 5.31. The molecule has 1 heterocycles. The van der Waals surface area contributed by atoms with Gasteiger partial charge in [-0.25, -0.2) is 4.31 Å². The molecule has 1 atom stereocenters. The fourth-order valence-electron chi connectivity index (χ4n) is 3.52. The normalized spacial score (nSPS) is 18.9. The molecule has 4 heteroatoms. The molecule has 1 aliphatic carbocycles. The Labute approximate surface area is 168 Å². The second kappa shape index (κ2) is 10.4. The van der Waals surface area contributed by atoms with Gasteiger partial charge in [0.05, 0.1) is 0 Å². The van der Waals surface area contributed by atoms with E-state index in [1.54, 1.807) is 0 Å². The zero-order chi connectivity index (χ0) is 18.2. The lowest BCUT2D eigenvalue weighted by atomic mass is 9.98. The van der Waals surface area contributed by atoms with Crippen LogP contribution in [0.1, 0.15) is 31.2 Å². The maximum atomic E-state index is 4.54. The third-order valence-electron chi connectivity index (χ3n) is 5.13. The number of allylic oxidation sites excluding steroid dienone is 4. The fraction of sp³-hybridized carbons (Fsp3) is 0.455. The van der Waals surface area contributed by atoms with Crippen molar-refractivity contribution in [3.63, 3.8) is 0 Å². The van der Waals surface area contributed by atoms with Crippen LogP contribution in [0.15, 0.2) is 60.0 Å². The number of hydrogen-bond acceptors (Lipinski definition) is 4. The van der Waals surface area contributed by atoms with Crippen molar-refractivity contribution in [1.29, 1.82) is 0 Å². The summed E-state index contributed by atoms with van der Waals surface area (Å²) in [6, 6.07) is 9.31. The average Bonchev–Trinajstić information content (AvgIpc) is 3.22. The first kappa shape index (κ1) is 19.8. The van der Waals surface area contributed by atoms with E-state index >= 15 is 0 Å². The smallest absolute Gasteiger partial charge is 0.0471 e. The van der Waals surface area contributed by atoms with Gasteiger partial charge in [0.2, 0.25) is 0 Å². The van der Waals surface area contributed by atoms with Crippen molar-refractivity contribution in [3.05, 3.63) is 60.7 Å². The third-order valence-corrected chi connectivity index (χ3v) is 6.67. The van der Waals surface area contributed by atoms with Gasteiger partial charge in [-0.05, 0) is 74.0 Å². The largest absolute Gasteiger partial charge is 0.302 e. The van der Waals surface area contributed by atoms with E-state index in [1.165, 1.54) is 42.0 Å². The molecule has 3 rings (SSSR count). The Hall–Kier alpha value is -0.940. The molecular formula is C22H30N2S2. The lowest BCUT2D eigenvalue weighted by Gasteiger charge is -2.29. The van der Waals surface area contributed by atoms with Crippen LogP contribution in [0.25, 0.3) is 5.57 Å². The molecule has 2 aliphatic rings. The van der Waals surface area contributed by atoms with Gasteiger partial charge in [-0.2, -0.15) is 12.6 Å². The predicted molar refractivity (Wildman–Crippen MR) is 119 cm³/mol. The Morgan fingerprint density at radius 1 is 1.23 bits per heavy atom. The molecule has 0 aromatic heterocycles. The molecule has 0 unspecified atom stereocenters. The van der Waals surface area contributed by atoms with Crippen LogP contribution in [0.3, 0.4) is 0 Å². The van der Waals surface area contributed by atoms with Crippen molar-refractivity contribution in [2.45, 2.75) is 36.6 Å². The Morgan fingerprint density at radius 2 is 2.00 bits per heavy atom. The number of likely N-dealkylation sites (tertiary alicyclic amines) is 1. The first-order valence-electron chi connectivity index (χ1n) is 9.66. The molecule has 0 amide bonds. The zero-order valence-corrected chi connectivity index (χ0v) is 17.2. The summed E-state index contributed by atoms with van der Waals surface area (Å²) in [6.45, 7) is 8.68. The highest BCUT2D eigenvalue weighted by molar-refractivity contribution is 7.97. The number of hydrogen-bond donors (Lipinski definition) is 1. The zero-order valence-electron chi connectivity index (χ0n) is 15.5. The first-order valence-corrected chi connectivity index (χ1v) is 11.1. The van der Waals surface area contributed by atoms with Crippen molar-refractivity contribution < 1.29 is 0 Å². The van der Waals surface area contributed by atoms with Gasteiger partial charge in [-0.15, -0.1) is 6.58 Å². The minimum atomic E-state index is 0.289. The molecule has 1 saturated heterocycles. The summed E-state index contributed by atoms with van der Waals surface area (Å²) >= 11 is 6.37. The van der Waals surface area contributed by atoms with E-state index in [2.05, 4.69) is 70.9 Å². The summed E-state index contributed by atoms with van der Waals surface area (Å²) in [4.78, 5) is 3.86. The van der Waals surface area contributed by atoms with Crippen LogP contribution in [-0.2, 0) is 0 Å². The molecule has 1 aromatic carbocycles. The molecule has 1 aromatic rings. The van der Waals surface area contributed by atoms with Crippen LogP contribution >= 0.6 is 24.6 Å². The molecule has 0 radical (unpaired) electrons. The van der Waals surface area contributed by atoms with E-state index in [-0.39, 0.29) is 6.04 Å². The molecule has 1 aliphatic heterocycles. The van der Waals surface area contributed by atoms with Crippen LogP contribution in [0.4, 0.5) is 0 Å². The highest BCUT2D eigenvalue weighted by atomic mass is 32.2. The maximum absolute atomic E-state index is 4.54. The van der Waals surface area contributed by atoms with Gasteiger partial charge in [0.15, 0.2) is 0 Å². The molecule has 0 spiro atoms. The molecule has 140 valence electrons. The summed E-state index contributed by atoms with van der Waals surface area (Å²) in [5, 5.41) is 0. The van der Waals surface area contributed by atoms with Crippen molar-refractivity contribution in [3.8, 4) is 0 Å². The minimum Gasteiger partial charge on any atom is -0.302 e. The Balaban J connectivity index is 1.63. The summed E-state index contributed by atoms with van der Waals surface area (Å²) in [7, 11) is 0. The fourth-order valence-corrected chi connectivity index (χ4v) is 4.97. The monoisotopic (exact) mass is 386 g/mol. The van der Waals surface area contributed by atoms with Gasteiger partial charge >= 0.3 is 0 Å². The Kier molecular flexibility index (Phi) is 7.93. The highest BCUT2D eigenvalue weighted by Crippen LogP contribution is 2.29. The summed E-state index contributed by atoms with van der Waals surface area (Å²) in [5.41, 5.74) is 2.78. The van der Waals surface area contributed by atoms with Gasteiger partial charge in [0.25, 0.3) is 0 Å². The molecule has 0 saturated carbocycles. The van der Waals surface area contributed by atoms with E-state index in [0.717, 1.165) is 31.7 Å². The molecule has 26 heavy (non-hydrogen) atoms. The van der Waals surface area contributed by atoms with Gasteiger partial charge < -0.3 is 4.90 Å². The third kappa shape index (κ3) is 5.53. The lowest BCUT2D eigenvalue weighted by Crippen LogP contribution is -2.36. The lowest BCUT2D eigenvalue weighted by molar-refractivity contribution is 0.296. The Bertz CT molecular complexity index is 630. The van der Waals surface area contributed by atoms with Gasteiger partial charge in [-0.3, -0.25) is 0 Å². The van der Waals surface area contributed by atoms with Crippen molar-refractivity contribution in [2.24, 2.45) is 0 Å². The number of thiol groups is 1. The quantitative estimate of drug-likeness (QED) is 0.349. The Morgan fingerprint density at radius 3 is 2.62 bits per heavy atom. The summed E-state index contributed by atoms with van der Waals surface area (Å²) in [6.07, 6.45) is 13.6. The molecule has 2 nitrogen and oxygen atoms in total. The SMILES string of the molecule is C=C[C@H](CS)N(CCN1CCCC1)Sc1ccc(C2=CC=CCC2)cc1. The van der Waals surface area contributed by atoms with Crippen LogP contribution < -0.4 is 0 Å². The number of benzene rings is 1. The van der Waals surface area contributed by atoms with Crippen molar-refractivity contribution >= 4 is 30.1 Å². The van der Waals surface area contributed by atoms with E-state index in [4.69, 9.17) is 0 Å². The number of nitrogens with zero attached hydrogens (tertiary/aromatic N) is 2. The van der Waals surface area contributed by atoms with Crippen molar-refractivity contribution in [2.75, 3.05) is 31.9 Å². The van der Waals surface area contributed by atoms with Crippen molar-refractivity contribution in [1.82, 2.24) is 9.21 Å². The van der Waals surface area contributed by atoms with Crippen LogP contribution in [0.5, 0.6) is 0 Å². The van der Waals surface area contributed by atoms with E-state index < -0.39 is 0 Å².